The summed E-state index contributed by atoms with van der Waals surface area (Å²) in [7, 11) is 0. The zero-order chi connectivity index (χ0) is 19.1. The fourth-order valence-corrected chi connectivity index (χ4v) is 3.36. The van der Waals surface area contributed by atoms with Crippen LogP contribution in [0, 0.1) is 13.8 Å². The fourth-order valence-electron chi connectivity index (χ4n) is 2.70. The molecule has 0 fully saturated rings. The lowest BCUT2D eigenvalue weighted by Gasteiger charge is -2.04. The molecular formula is C22H25N3OS. The average molecular weight is 380 g/mol. The smallest absolute Gasteiger partial charge is 0.203 e. The third kappa shape index (κ3) is 5.41. The Bertz CT molecular complexity index is 900. The molecule has 3 rings (SSSR count). The maximum absolute atomic E-state index is 5.67. The summed E-state index contributed by atoms with van der Waals surface area (Å²) in [6, 6.07) is 14.3. The molecule has 3 aromatic rings. The molecule has 2 aromatic carbocycles. The highest BCUT2D eigenvalue weighted by molar-refractivity contribution is 7.14. The molecule has 140 valence electrons. The first-order valence-corrected chi connectivity index (χ1v) is 10.1. The number of aryl methyl sites for hydroxylation is 2. The first-order valence-electron chi connectivity index (χ1n) is 9.21. The van der Waals surface area contributed by atoms with Crippen molar-refractivity contribution in [1.82, 2.24) is 4.98 Å². The summed E-state index contributed by atoms with van der Waals surface area (Å²) in [5, 5.41) is 7.12. The number of hydrogen-bond donors (Lipinski definition) is 1. The molecule has 0 saturated carbocycles. The van der Waals surface area contributed by atoms with E-state index in [1.807, 2.05) is 24.3 Å². The zero-order valence-corrected chi connectivity index (χ0v) is 16.8. The lowest BCUT2D eigenvalue weighted by molar-refractivity contribution is 0.309. The Morgan fingerprint density at radius 2 is 1.96 bits per heavy atom. The molecule has 4 nitrogen and oxygen atoms in total. The number of ether oxygens (including phenoxy) is 1. The van der Waals surface area contributed by atoms with E-state index < -0.39 is 0 Å². The molecule has 0 amide bonds. The minimum atomic E-state index is 0.762. The largest absolute Gasteiger partial charge is 0.494 e. The predicted molar refractivity (Wildman–Crippen MR) is 115 cm³/mol. The van der Waals surface area contributed by atoms with Crippen LogP contribution < -0.4 is 10.2 Å². The lowest BCUT2D eigenvalue weighted by Crippen LogP contribution is -1.96. The summed E-state index contributed by atoms with van der Waals surface area (Å²) in [5.41, 5.74) is 8.66. The van der Waals surface area contributed by atoms with E-state index in [2.05, 4.69) is 59.9 Å². The van der Waals surface area contributed by atoms with E-state index in [0.717, 1.165) is 47.2 Å². The Labute approximate surface area is 164 Å². The Morgan fingerprint density at radius 3 is 2.70 bits per heavy atom. The highest BCUT2D eigenvalue weighted by atomic mass is 32.1. The van der Waals surface area contributed by atoms with Crippen LogP contribution in [-0.4, -0.2) is 17.8 Å². The number of rotatable bonds is 8. The third-order valence-electron chi connectivity index (χ3n) is 4.18. The molecule has 0 aliphatic rings. The molecule has 0 saturated heterocycles. The van der Waals surface area contributed by atoms with Crippen molar-refractivity contribution in [2.24, 2.45) is 5.10 Å². The van der Waals surface area contributed by atoms with E-state index in [9.17, 15) is 0 Å². The fraction of sp³-hybridized carbons (Fsp3) is 0.273. The zero-order valence-electron chi connectivity index (χ0n) is 16.0. The number of hydrogen-bond acceptors (Lipinski definition) is 5. The quantitative estimate of drug-likeness (QED) is 0.294. The summed E-state index contributed by atoms with van der Waals surface area (Å²) in [6.45, 7) is 7.13. The van der Waals surface area contributed by atoms with Crippen LogP contribution in [0.4, 0.5) is 5.13 Å². The first kappa shape index (κ1) is 19.1. The van der Waals surface area contributed by atoms with E-state index in [-0.39, 0.29) is 0 Å². The summed E-state index contributed by atoms with van der Waals surface area (Å²) < 4.78 is 5.67. The number of benzene rings is 2. The van der Waals surface area contributed by atoms with Gasteiger partial charge in [-0.25, -0.2) is 4.98 Å². The van der Waals surface area contributed by atoms with Gasteiger partial charge >= 0.3 is 0 Å². The van der Waals surface area contributed by atoms with Crippen LogP contribution >= 0.6 is 11.3 Å². The van der Waals surface area contributed by atoms with Crippen LogP contribution in [0.15, 0.2) is 52.9 Å². The molecule has 1 N–H and O–H groups in total. The molecule has 0 radical (unpaired) electrons. The Morgan fingerprint density at radius 1 is 1.15 bits per heavy atom. The lowest BCUT2D eigenvalue weighted by atomic mass is 10.0. The predicted octanol–water partition coefficient (Wildman–Crippen LogP) is 6.05. The molecule has 1 heterocycles. The van der Waals surface area contributed by atoms with Crippen molar-refractivity contribution >= 4 is 22.7 Å². The summed E-state index contributed by atoms with van der Waals surface area (Å²) in [5.74, 6) is 0.895. The molecule has 0 bridgehead atoms. The highest BCUT2D eigenvalue weighted by Crippen LogP contribution is 2.27. The van der Waals surface area contributed by atoms with Gasteiger partial charge in [0.05, 0.1) is 18.5 Å². The minimum Gasteiger partial charge on any atom is -0.494 e. The molecule has 1 aromatic heterocycles. The van der Waals surface area contributed by atoms with Gasteiger partial charge in [0, 0.05) is 10.9 Å². The summed E-state index contributed by atoms with van der Waals surface area (Å²) in [4.78, 5) is 4.63. The summed E-state index contributed by atoms with van der Waals surface area (Å²) >= 11 is 1.55. The van der Waals surface area contributed by atoms with Gasteiger partial charge in [-0.2, -0.15) is 5.10 Å². The van der Waals surface area contributed by atoms with Gasteiger partial charge in [0.2, 0.25) is 5.13 Å². The van der Waals surface area contributed by atoms with Gasteiger partial charge < -0.3 is 4.74 Å². The minimum absolute atomic E-state index is 0.762. The molecular weight excluding hydrogens is 354 g/mol. The number of nitrogens with zero attached hydrogens (tertiary/aromatic N) is 2. The summed E-state index contributed by atoms with van der Waals surface area (Å²) in [6.07, 6.45) is 4.00. The van der Waals surface area contributed by atoms with Gasteiger partial charge in [0.15, 0.2) is 0 Å². The number of nitrogens with one attached hydrogen (secondary N) is 1. The van der Waals surface area contributed by atoms with Crippen LogP contribution in [0.3, 0.4) is 0 Å². The highest BCUT2D eigenvalue weighted by Gasteiger charge is 2.06. The van der Waals surface area contributed by atoms with Crippen molar-refractivity contribution in [3.05, 3.63) is 64.5 Å². The molecule has 0 aliphatic heterocycles. The molecule has 0 aliphatic carbocycles. The average Bonchev–Trinajstić information content (AvgIpc) is 3.12. The Hall–Kier alpha value is -2.66. The maximum Gasteiger partial charge on any atom is 0.203 e. The number of hydrazone groups is 1. The second-order valence-corrected chi connectivity index (χ2v) is 7.36. The van der Waals surface area contributed by atoms with Crippen molar-refractivity contribution in [3.8, 4) is 17.0 Å². The van der Waals surface area contributed by atoms with Crippen molar-refractivity contribution in [2.75, 3.05) is 12.0 Å². The van der Waals surface area contributed by atoms with Crippen LogP contribution in [0.25, 0.3) is 11.3 Å². The molecule has 0 spiro atoms. The van der Waals surface area contributed by atoms with Crippen LogP contribution in [-0.2, 0) is 0 Å². The molecule has 0 atom stereocenters. The Balaban J connectivity index is 1.58. The van der Waals surface area contributed by atoms with E-state index >= 15 is 0 Å². The number of unbranched alkanes of at least 4 members (excludes halogenated alkanes) is 1. The normalized spacial score (nSPS) is 11.1. The standard InChI is InChI=1S/C22H25N3OS/c1-4-5-12-26-19-9-7-18(8-10-19)14-23-25-22-24-21(15-27-22)20-11-6-16(2)13-17(20)3/h6-11,13-15H,4-5,12H2,1-3H3,(H,24,25)/b23-14-. The van der Waals surface area contributed by atoms with E-state index in [1.54, 1.807) is 17.6 Å². The van der Waals surface area contributed by atoms with Gasteiger partial charge in [-0.05, 0) is 55.7 Å². The van der Waals surface area contributed by atoms with Gasteiger partial charge in [-0.1, -0.05) is 37.1 Å². The first-order chi connectivity index (χ1) is 13.2. The van der Waals surface area contributed by atoms with Crippen molar-refractivity contribution < 1.29 is 4.74 Å². The van der Waals surface area contributed by atoms with Crippen molar-refractivity contribution in [1.29, 1.82) is 0 Å². The van der Waals surface area contributed by atoms with Gasteiger partial charge in [-0.3, -0.25) is 5.43 Å². The number of thiazole rings is 1. The van der Waals surface area contributed by atoms with E-state index in [1.165, 1.54) is 11.1 Å². The van der Waals surface area contributed by atoms with Gasteiger partial charge in [-0.15, -0.1) is 11.3 Å². The van der Waals surface area contributed by atoms with Crippen molar-refractivity contribution in [3.63, 3.8) is 0 Å². The second kappa shape index (κ2) is 9.33. The van der Waals surface area contributed by atoms with Gasteiger partial charge in [0.1, 0.15) is 5.75 Å². The second-order valence-electron chi connectivity index (χ2n) is 6.50. The monoisotopic (exact) mass is 379 g/mol. The number of aromatic nitrogens is 1. The molecule has 0 unspecified atom stereocenters. The van der Waals surface area contributed by atoms with Crippen LogP contribution in [0.1, 0.15) is 36.5 Å². The Kier molecular flexibility index (Phi) is 6.60. The topological polar surface area (TPSA) is 46.5 Å². The molecule has 27 heavy (non-hydrogen) atoms. The number of anilines is 1. The van der Waals surface area contributed by atoms with E-state index in [0.29, 0.717) is 0 Å². The maximum atomic E-state index is 5.67. The van der Waals surface area contributed by atoms with E-state index in [4.69, 9.17) is 4.74 Å². The third-order valence-corrected chi connectivity index (χ3v) is 4.93. The van der Waals surface area contributed by atoms with Gasteiger partial charge in [0.25, 0.3) is 0 Å². The van der Waals surface area contributed by atoms with Crippen LogP contribution in [0.2, 0.25) is 0 Å². The van der Waals surface area contributed by atoms with Crippen molar-refractivity contribution in [2.45, 2.75) is 33.6 Å². The van der Waals surface area contributed by atoms with Crippen LogP contribution in [0.5, 0.6) is 5.75 Å². The molecule has 5 heteroatoms. The SMILES string of the molecule is CCCCOc1ccc(/C=N\Nc2nc(-c3ccc(C)cc3C)cs2)cc1.